The fourth-order valence-corrected chi connectivity index (χ4v) is 1.58. The Hall–Kier alpha value is -1.36. The van der Waals surface area contributed by atoms with Crippen molar-refractivity contribution in [2.24, 2.45) is 0 Å². The van der Waals surface area contributed by atoms with Gasteiger partial charge in [0.15, 0.2) is 5.69 Å². The highest BCUT2D eigenvalue weighted by atomic mass is 16.5. The second kappa shape index (κ2) is 6.00. The van der Waals surface area contributed by atoms with Crippen LogP contribution in [0.3, 0.4) is 0 Å². The van der Waals surface area contributed by atoms with Crippen molar-refractivity contribution in [1.29, 1.82) is 0 Å². The minimum Gasteiger partial charge on any atom is -0.396 e. The SMILES string of the molecule is CCC(C)(CCO)NC(=O)c1cc(C(C)C)on1. The normalized spacial score (nSPS) is 14.6. The van der Waals surface area contributed by atoms with E-state index in [0.717, 1.165) is 6.42 Å². The number of amides is 1. The number of nitrogens with one attached hydrogen (secondary N) is 1. The maximum Gasteiger partial charge on any atom is 0.273 e. The smallest absolute Gasteiger partial charge is 0.273 e. The van der Waals surface area contributed by atoms with Gasteiger partial charge in [-0.1, -0.05) is 25.9 Å². The molecule has 1 aromatic heterocycles. The summed E-state index contributed by atoms with van der Waals surface area (Å²) in [6.45, 7) is 7.87. The highest BCUT2D eigenvalue weighted by Gasteiger charge is 2.25. The third-order valence-corrected chi connectivity index (χ3v) is 3.19. The number of rotatable bonds is 6. The van der Waals surface area contributed by atoms with E-state index in [1.165, 1.54) is 0 Å². The Labute approximate surface area is 108 Å². The van der Waals surface area contributed by atoms with Gasteiger partial charge in [-0.2, -0.15) is 0 Å². The first-order chi connectivity index (χ1) is 8.41. The lowest BCUT2D eigenvalue weighted by molar-refractivity contribution is 0.0876. The molecule has 1 heterocycles. The van der Waals surface area contributed by atoms with Crippen LogP contribution in [0.4, 0.5) is 0 Å². The Morgan fingerprint density at radius 3 is 2.72 bits per heavy atom. The van der Waals surface area contributed by atoms with Crippen molar-refractivity contribution in [2.75, 3.05) is 6.61 Å². The molecule has 1 rings (SSSR count). The molecule has 0 aliphatic heterocycles. The second-order valence-electron chi connectivity index (χ2n) is 5.11. The fourth-order valence-electron chi connectivity index (χ4n) is 1.58. The van der Waals surface area contributed by atoms with Gasteiger partial charge in [-0.15, -0.1) is 0 Å². The molecule has 18 heavy (non-hydrogen) atoms. The molecule has 0 saturated heterocycles. The monoisotopic (exact) mass is 254 g/mol. The van der Waals surface area contributed by atoms with E-state index in [-0.39, 0.29) is 24.1 Å². The summed E-state index contributed by atoms with van der Waals surface area (Å²) in [5.74, 6) is 0.637. The number of aliphatic hydroxyl groups excluding tert-OH is 1. The summed E-state index contributed by atoms with van der Waals surface area (Å²) >= 11 is 0. The van der Waals surface area contributed by atoms with Crippen molar-refractivity contribution in [2.45, 2.75) is 52.0 Å². The Morgan fingerprint density at radius 1 is 1.61 bits per heavy atom. The summed E-state index contributed by atoms with van der Waals surface area (Å²) < 4.78 is 5.10. The van der Waals surface area contributed by atoms with Crippen molar-refractivity contribution in [3.8, 4) is 0 Å². The molecular formula is C13H22N2O3. The summed E-state index contributed by atoms with van der Waals surface area (Å²) in [6.07, 6.45) is 1.26. The highest BCUT2D eigenvalue weighted by Crippen LogP contribution is 2.17. The first-order valence-corrected chi connectivity index (χ1v) is 6.32. The zero-order valence-electron chi connectivity index (χ0n) is 11.5. The average molecular weight is 254 g/mol. The molecule has 1 unspecified atom stereocenters. The van der Waals surface area contributed by atoms with Gasteiger partial charge in [0.1, 0.15) is 5.76 Å². The molecule has 102 valence electrons. The maximum absolute atomic E-state index is 12.0. The van der Waals surface area contributed by atoms with Crippen molar-refractivity contribution in [1.82, 2.24) is 10.5 Å². The molecule has 0 radical (unpaired) electrons. The number of carbonyl (C=O) groups is 1. The van der Waals surface area contributed by atoms with Crippen molar-refractivity contribution in [3.63, 3.8) is 0 Å². The summed E-state index contributed by atoms with van der Waals surface area (Å²) in [6, 6.07) is 1.66. The molecule has 0 aromatic carbocycles. The quantitative estimate of drug-likeness (QED) is 0.815. The van der Waals surface area contributed by atoms with E-state index in [1.807, 2.05) is 27.7 Å². The molecule has 5 heteroatoms. The van der Waals surface area contributed by atoms with Crippen LogP contribution in [0, 0.1) is 0 Å². The van der Waals surface area contributed by atoms with Gasteiger partial charge >= 0.3 is 0 Å². The molecule has 1 amide bonds. The Kier molecular flexibility index (Phi) is 4.90. The van der Waals surface area contributed by atoms with Gasteiger partial charge in [-0.3, -0.25) is 4.79 Å². The Balaban J connectivity index is 2.74. The number of hydrogen-bond donors (Lipinski definition) is 2. The van der Waals surface area contributed by atoms with Gasteiger partial charge in [-0.25, -0.2) is 0 Å². The minimum atomic E-state index is -0.414. The van der Waals surface area contributed by atoms with E-state index >= 15 is 0 Å². The van der Waals surface area contributed by atoms with Crippen LogP contribution in [0.5, 0.6) is 0 Å². The predicted molar refractivity (Wildman–Crippen MR) is 68.5 cm³/mol. The van der Waals surface area contributed by atoms with Gasteiger partial charge < -0.3 is 14.9 Å². The molecule has 0 fully saturated rings. The lowest BCUT2D eigenvalue weighted by Crippen LogP contribution is -2.46. The van der Waals surface area contributed by atoms with Gasteiger partial charge in [-0.05, 0) is 19.8 Å². The number of aromatic nitrogens is 1. The minimum absolute atomic E-state index is 0.0423. The van der Waals surface area contributed by atoms with Crippen LogP contribution in [0.1, 0.15) is 62.7 Å². The Morgan fingerprint density at radius 2 is 2.28 bits per heavy atom. The molecule has 2 N–H and O–H groups in total. The lowest BCUT2D eigenvalue weighted by Gasteiger charge is -2.28. The standard InChI is InChI=1S/C13H22N2O3/c1-5-13(4,6-7-16)14-12(17)10-8-11(9(2)3)18-15-10/h8-9,16H,5-7H2,1-4H3,(H,14,17). The van der Waals surface area contributed by atoms with E-state index in [2.05, 4.69) is 10.5 Å². The van der Waals surface area contributed by atoms with E-state index in [0.29, 0.717) is 12.2 Å². The van der Waals surface area contributed by atoms with Gasteiger partial charge in [0.2, 0.25) is 0 Å². The van der Waals surface area contributed by atoms with Crippen molar-refractivity contribution >= 4 is 5.91 Å². The molecule has 5 nitrogen and oxygen atoms in total. The molecule has 0 spiro atoms. The molecule has 1 aromatic rings. The van der Waals surface area contributed by atoms with Crippen molar-refractivity contribution < 1.29 is 14.4 Å². The molecule has 0 bridgehead atoms. The van der Waals surface area contributed by atoms with Crippen LogP contribution in [0.25, 0.3) is 0 Å². The summed E-state index contributed by atoms with van der Waals surface area (Å²) in [5.41, 5.74) is -0.126. The van der Waals surface area contributed by atoms with Gasteiger partial charge in [0.25, 0.3) is 5.91 Å². The van der Waals surface area contributed by atoms with E-state index in [4.69, 9.17) is 9.63 Å². The number of aliphatic hydroxyl groups is 1. The molecule has 0 saturated carbocycles. The van der Waals surface area contributed by atoms with Gasteiger partial charge in [0, 0.05) is 24.1 Å². The predicted octanol–water partition coefficient (Wildman–Crippen LogP) is 2.08. The molecule has 0 aliphatic rings. The van der Waals surface area contributed by atoms with E-state index in [1.54, 1.807) is 6.07 Å². The molecule has 1 atom stereocenters. The van der Waals surface area contributed by atoms with Crippen LogP contribution in [-0.4, -0.2) is 28.3 Å². The first kappa shape index (κ1) is 14.7. The fraction of sp³-hybridized carbons (Fsp3) is 0.692. The maximum atomic E-state index is 12.0. The number of nitrogens with zero attached hydrogens (tertiary/aromatic N) is 1. The van der Waals surface area contributed by atoms with Crippen LogP contribution < -0.4 is 5.32 Å². The third-order valence-electron chi connectivity index (χ3n) is 3.19. The van der Waals surface area contributed by atoms with Crippen LogP contribution >= 0.6 is 0 Å². The summed E-state index contributed by atoms with van der Waals surface area (Å²) in [5, 5.41) is 15.7. The van der Waals surface area contributed by atoms with E-state index in [9.17, 15) is 4.79 Å². The average Bonchev–Trinajstić information content (AvgIpc) is 2.78. The molecular weight excluding hydrogens is 232 g/mol. The van der Waals surface area contributed by atoms with Crippen molar-refractivity contribution in [3.05, 3.63) is 17.5 Å². The highest BCUT2D eigenvalue weighted by molar-refractivity contribution is 5.92. The lowest BCUT2D eigenvalue weighted by atomic mass is 9.94. The first-order valence-electron chi connectivity index (χ1n) is 6.32. The Bertz CT molecular complexity index is 401. The summed E-state index contributed by atoms with van der Waals surface area (Å²) in [7, 11) is 0. The topological polar surface area (TPSA) is 75.4 Å². The third kappa shape index (κ3) is 3.57. The zero-order valence-corrected chi connectivity index (χ0v) is 11.5. The summed E-state index contributed by atoms with van der Waals surface area (Å²) in [4.78, 5) is 12.0. The number of hydrogen-bond acceptors (Lipinski definition) is 4. The van der Waals surface area contributed by atoms with Crippen LogP contribution in [0.2, 0.25) is 0 Å². The zero-order chi connectivity index (χ0) is 13.8. The van der Waals surface area contributed by atoms with Crippen LogP contribution in [0.15, 0.2) is 10.6 Å². The molecule has 0 aliphatic carbocycles. The number of carbonyl (C=O) groups excluding carboxylic acids is 1. The van der Waals surface area contributed by atoms with Gasteiger partial charge in [0.05, 0.1) is 0 Å². The van der Waals surface area contributed by atoms with E-state index < -0.39 is 5.54 Å². The largest absolute Gasteiger partial charge is 0.396 e. The van der Waals surface area contributed by atoms with Crippen LogP contribution in [-0.2, 0) is 0 Å². The second-order valence-corrected chi connectivity index (χ2v) is 5.11.